The third-order valence-corrected chi connectivity index (χ3v) is 3.03. The van der Waals surface area contributed by atoms with Crippen molar-refractivity contribution in [3.05, 3.63) is 0 Å². The summed E-state index contributed by atoms with van der Waals surface area (Å²) in [7, 11) is 0.410. The summed E-state index contributed by atoms with van der Waals surface area (Å²) in [6.45, 7) is 6.41. The second kappa shape index (κ2) is 7.74. The summed E-state index contributed by atoms with van der Waals surface area (Å²) in [5, 5.41) is 9.27. The average Bonchev–Trinajstić information content (AvgIpc) is 2.24. The Labute approximate surface area is 98.9 Å². The number of hydroxylamine groups is 1. The third kappa shape index (κ3) is 3.83. The Hall–Kier alpha value is -0.473. The van der Waals surface area contributed by atoms with Crippen LogP contribution in [0.15, 0.2) is 0 Å². The Bertz CT molecular complexity index is 216. The molecule has 0 heterocycles. The Kier molecular flexibility index (Phi) is 7.51. The molecule has 6 nitrogen and oxygen atoms in total. The molecule has 0 saturated heterocycles. The maximum atomic E-state index is 11.3. The standard InChI is InChI=1S/C9H21NO5Si/c1-4-13-7-9(8(11)12,14-5-2)10(16)15-6-3/h4-7H2,1-3,16H3,(H,11,12)/t9-/m1/s1. The van der Waals surface area contributed by atoms with Gasteiger partial charge in [-0.25, -0.2) is 4.79 Å². The molecule has 0 radical (unpaired) electrons. The van der Waals surface area contributed by atoms with E-state index < -0.39 is 11.7 Å². The highest BCUT2D eigenvalue weighted by Crippen LogP contribution is 2.17. The fourth-order valence-corrected chi connectivity index (χ4v) is 1.97. The van der Waals surface area contributed by atoms with Crippen LogP contribution in [0.2, 0.25) is 0 Å². The maximum absolute atomic E-state index is 11.3. The molecular formula is C9H21NO5Si. The zero-order valence-electron chi connectivity index (χ0n) is 10.4. The molecule has 0 fully saturated rings. The van der Waals surface area contributed by atoms with E-state index in [4.69, 9.17) is 14.3 Å². The molecule has 0 spiro atoms. The van der Waals surface area contributed by atoms with Gasteiger partial charge in [-0.1, -0.05) is 0 Å². The molecule has 0 rings (SSSR count). The molecular weight excluding hydrogens is 230 g/mol. The zero-order chi connectivity index (χ0) is 12.6. The summed E-state index contributed by atoms with van der Waals surface area (Å²) < 4.78 is 11.8. The van der Waals surface area contributed by atoms with Crippen LogP contribution in [0.5, 0.6) is 0 Å². The van der Waals surface area contributed by atoms with Crippen LogP contribution in [-0.4, -0.2) is 58.4 Å². The first-order valence-electron chi connectivity index (χ1n) is 5.36. The Morgan fingerprint density at radius 3 is 2.31 bits per heavy atom. The van der Waals surface area contributed by atoms with Crippen LogP contribution in [0.3, 0.4) is 0 Å². The molecule has 7 heteroatoms. The normalized spacial score (nSPS) is 15.2. The number of hydrogen-bond acceptors (Lipinski definition) is 5. The average molecular weight is 251 g/mol. The van der Waals surface area contributed by atoms with Crippen molar-refractivity contribution < 1.29 is 24.2 Å². The second-order valence-electron chi connectivity index (χ2n) is 3.07. The first-order valence-corrected chi connectivity index (χ1v) is 6.26. The molecule has 0 saturated carbocycles. The lowest BCUT2D eigenvalue weighted by Gasteiger charge is -2.36. The van der Waals surface area contributed by atoms with Crippen LogP contribution >= 0.6 is 0 Å². The van der Waals surface area contributed by atoms with Crippen molar-refractivity contribution in [2.45, 2.75) is 26.5 Å². The molecule has 0 aromatic carbocycles. The molecule has 0 bridgehead atoms. The Morgan fingerprint density at radius 1 is 1.31 bits per heavy atom. The fraction of sp³-hybridized carbons (Fsp3) is 0.889. The molecule has 0 amide bonds. The van der Waals surface area contributed by atoms with Gasteiger partial charge in [0.2, 0.25) is 0 Å². The highest BCUT2D eigenvalue weighted by Gasteiger charge is 2.44. The van der Waals surface area contributed by atoms with Gasteiger partial charge < -0.3 is 19.4 Å². The van der Waals surface area contributed by atoms with Gasteiger partial charge in [0, 0.05) is 13.2 Å². The molecule has 0 aliphatic rings. The van der Waals surface area contributed by atoms with E-state index in [9.17, 15) is 9.90 Å². The number of carboxylic acids is 1. The molecule has 0 unspecified atom stereocenters. The molecule has 0 aromatic heterocycles. The van der Waals surface area contributed by atoms with Crippen LogP contribution in [-0.2, 0) is 19.1 Å². The topological polar surface area (TPSA) is 68.2 Å². The minimum absolute atomic E-state index is 0.0455. The Morgan fingerprint density at radius 2 is 1.94 bits per heavy atom. The predicted molar refractivity (Wildman–Crippen MR) is 61.9 cm³/mol. The summed E-state index contributed by atoms with van der Waals surface area (Å²) in [4.78, 5) is 16.6. The predicted octanol–water partition coefficient (Wildman–Crippen LogP) is -0.626. The summed E-state index contributed by atoms with van der Waals surface area (Å²) in [5.41, 5.74) is -1.52. The van der Waals surface area contributed by atoms with Gasteiger partial charge in [-0.3, -0.25) is 0 Å². The van der Waals surface area contributed by atoms with E-state index in [1.165, 1.54) is 4.73 Å². The highest BCUT2D eigenvalue weighted by molar-refractivity contribution is 6.06. The van der Waals surface area contributed by atoms with Crippen molar-refractivity contribution >= 4 is 16.4 Å². The van der Waals surface area contributed by atoms with Gasteiger partial charge in [-0.05, 0) is 20.8 Å². The Balaban J connectivity index is 4.83. The van der Waals surface area contributed by atoms with E-state index in [1.54, 1.807) is 20.8 Å². The van der Waals surface area contributed by atoms with E-state index in [-0.39, 0.29) is 13.2 Å². The van der Waals surface area contributed by atoms with E-state index in [0.717, 1.165) is 0 Å². The van der Waals surface area contributed by atoms with Crippen LogP contribution < -0.4 is 0 Å². The number of hydrogen-bond donors (Lipinski definition) is 1. The van der Waals surface area contributed by atoms with Gasteiger partial charge in [-0.15, -0.1) is 0 Å². The molecule has 1 N–H and O–H groups in total. The van der Waals surface area contributed by atoms with Crippen molar-refractivity contribution in [3.63, 3.8) is 0 Å². The van der Waals surface area contributed by atoms with Gasteiger partial charge in [-0.2, -0.15) is 4.73 Å². The number of carboxylic acid groups (broad SMARTS) is 1. The summed E-state index contributed by atoms with van der Waals surface area (Å²) in [6.07, 6.45) is 0. The lowest BCUT2D eigenvalue weighted by Crippen LogP contribution is -2.59. The van der Waals surface area contributed by atoms with Crippen LogP contribution in [0.1, 0.15) is 20.8 Å². The second-order valence-corrected chi connectivity index (χ2v) is 3.89. The quantitative estimate of drug-likeness (QED) is 0.334. The monoisotopic (exact) mass is 251 g/mol. The molecule has 0 aromatic rings. The molecule has 96 valence electrons. The minimum Gasteiger partial charge on any atom is -0.478 e. The highest BCUT2D eigenvalue weighted by atomic mass is 28.2. The van der Waals surface area contributed by atoms with E-state index >= 15 is 0 Å². The number of nitrogens with zero attached hydrogens (tertiary/aromatic N) is 1. The minimum atomic E-state index is -1.52. The van der Waals surface area contributed by atoms with E-state index in [1.807, 2.05) is 0 Å². The lowest BCUT2D eigenvalue weighted by atomic mass is 10.2. The van der Waals surface area contributed by atoms with Gasteiger partial charge in [0.15, 0.2) is 0 Å². The SMILES string of the molecule is CCOC[C@@](OCC)(C(=O)O)N([SiH3])OCC. The summed E-state index contributed by atoms with van der Waals surface area (Å²) >= 11 is 0. The largest absolute Gasteiger partial charge is 0.478 e. The van der Waals surface area contributed by atoms with Gasteiger partial charge in [0.25, 0.3) is 5.72 Å². The van der Waals surface area contributed by atoms with Crippen molar-refractivity contribution in [2.75, 3.05) is 26.4 Å². The van der Waals surface area contributed by atoms with Crippen molar-refractivity contribution in [1.29, 1.82) is 0 Å². The van der Waals surface area contributed by atoms with Crippen molar-refractivity contribution in [2.24, 2.45) is 0 Å². The van der Waals surface area contributed by atoms with Gasteiger partial charge >= 0.3 is 5.97 Å². The van der Waals surface area contributed by atoms with Gasteiger partial charge in [0.05, 0.1) is 6.61 Å². The lowest BCUT2D eigenvalue weighted by molar-refractivity contribution is -0.269. The zero-order valence-corrected chi connectivity index (χ0v) is 12.4. The molecule has 0 aliphatic carbocycles. The summed E-state index contributed by atoms with van der Waals surface area (Å²) in [5.74, 6) is -1.09. The van der Waals surface area contributed by atoms with E-state index in [0.29, 0.717) is 23.6 Å². The molecule has 0 aliphatic heterocycles. The fourth-order valence-electron chi connectivity index (χ4n) is 1.26. The molecule has 1 atom stereocenters. The van der Waals surface area contributed by atoms with E-state index in [2.05, 4.69) is 0 Å². The smallest absolute Gasteiger partial charge is 0.355 e. The number of aliphatic carboxylic acids is 1. The maximum Gasteiger partial charge on any atom is 0.355 e. The number of rotatable bonds is 9. The number of ether oxygens (including phenoxy) is 2. The van der Waals surface area contributed by atoms with Crippen LogP contribution in [0, 0.1) is 0 Å². The third-order valence-electron chi connectivity index (χ3n) is 2.05. The van der Waals surface area contributed by atoms with Crippen LogP contribution in [0.25, 0.3) is 0 Å². The summed E-state index contributed by atoms with van der Waals surface area (Å²) in [6, 6.07) is 0. The van der Waals surface area contributed by atoms with Crippen LogP contribution in [0.4, 0.5) is 0 Å². The molecule has 16 heavy (non-hydrogen) atoms. The van der Waals surface area contributed by atoms with Gasteiger partial charge in [0.1, 0.15) is 17.0 Å². The first-order chi connectivity index (χ1) is 7.55. The number of carbonyl (C=O) groups is 1. The van der Waals surface area contributed by atoms with Crippen molar-refractivity contribution in [3.8, 4) is 0 Å². The first kappa shape index (κ1) is 15.5. The van der Waals surface area contributed by atoms with Crippen molar-refractivity contribution in [1.82, 2.24) is 4.73 Å².